The van der Waals surface area contributed by atoms with Crippen molar-refractivity contribution in [2.45, 2.75) is 19.8 Å². The molecule has 3 nitrogen and oxygen atoms in total. The Hall–Kier alpha value is -1.29. The van der Waals surface area contributed by atoms with Gasteiger partial charge in [-0.2, -0.15) is 5.10 Å². The second kappa shape index (κ2) is 2.85. The fourth-order valence-corrected chi connectivity index (χ4v) is 3.30. The van der Waals surface area contributed by atoms with Crippen molar-refractivity contribution < 1.29 is 5.11 Å². The van der Waals surface area contributed by atoms with Crippen molar-refractivity contribution in [2.75, 3.05) is 0 Å². The van der Waals surface area contributed by atoms with Crippen LogP contribution >= 0.6 is 11.3 Å². The summed E-state index contributed by atoms with van der Waals surface area (Å²) in [6, 6.07) is 0. The van der Waals surface area contributed by atoms with Crippen LogP contribution in [0.3, 0.4) is 0 Å². The monoisotopic (exact) mass is 220 g/mol. The average molecular weight is 220 g/mol. The van der Waals surface area contributed by atoms with Gasteiger partial charge in [-0.05, 0) is 30.9 Å². The van der Waals surface area contributed by atoms with E-state index >= 15 is 0 Å². The van der Waals surface area contributed by atoms with Gasteiger partial charge in [0.25, 0.3) is 0 Å². The number of rotatable bonds is 0. The van der Waals surface area contributed by atoms with E-state index < -0.39 is 0 Å². The van der Waals surface area contributed by atoms with E-state index in [1.54, 1.807) is 0 Å². The van der Waals surface area contributed by atoms with Crippen molar-refractivity contribution >= 4 is 11.3 Å². The molecule has 0 aliphatic heterocycles. The molecular weight excluding hydrogens is 208 g/mol. The fourth-order valence-electron chi connectivity index (χ4n) is 2.36. The SMILES string of the molecule is Cc1sc(O)c2c1CCc1cnn(C)c1-2. The zero-order chi connectivity index (χ0) is 10.6. The van der Waals surface area contributed by atoms with Crippen LogP contribution in [0, 0.1) is 6.92 Å². The second-order valence-electron chi connectivity index (χ2n) is 3.96. The molecule has 0 bridgehead atoms. The van der Waals surface area contributed by atoms with Crippen LogP contribution in [0.2, 0.25) is 0 Å². The van der Waals surface area contributed by atoms with Gasteiger partial charge in [0.15, 0.2) is 5.06 Å². The third-order valence-electron chi connectivity index (χ3n) is 3.09. The van der Waals surface area contributed by atoms with Crippen molar-refractivity contribution in [2.24, 2.45) is 7.05 Å². The molecule has 1 aliphatic rings. The Kier molecular flexibility index (Phi) is 1.71. The van der Waals surface area contributed by atoms with E-state index in [1.165, 1.54) is 27.3 Å². The predicted octanol–water partition coefficient (Wildman–Crippen LogP) is 2.26. The van der Waals surface area contributed by atoms with Crippen LogP contribution in [0.25, 0.3) is 11.3 Å². The Labute approximate surface area is 92.0 Å². The summed E-state index contributed by atoms with van der Waals surface area (Å²) < 4.78 is 1.86. The molecule has 15 heavy (non-hydrogen) atoms. The Bertz CT molecular complexity index is 539. The van der Waals surface area contributed by atoms with Crippen LogP contribution in [0.4, 0.5) is 0 Å². The molecule has 0 saturated heterocycles. The lowest BCUT2D eigenvalue weighted by Crippen LogP contribution is -2.04. The van der Waals surface area contributed by atoms with Crippen LogP contribution in [0.1, 0.15) is 16.0 Å². The predicted molar refractivity (Wildman–Crippen MR) is 60.3 cm³/mol. The molecule has 1 aliphatic carbocycles. The van der Waals surface area contributed by atoms with Crippen molar-refractivity contribution in [3.05, 3.63) is 22.2 Å². The molecule has 0 saturated carbocycles. The molecule has 0 spiro atoms. The molecule has 0 atom stereocenters. The van der Waals surface area contributed by atoms with E-state index in [4.69, 9.17) is 0 Å². The highest BCUT2D eigenvalue weighted by atomic mass is 32.1. The molecule has 0 unspecified atom stereocenters. The molecule has 2 heterocycles. The van der Waals surface area contributed by atoms with Gasteiger partial charge < -0.3 is 5.11 Å². The van der Waals surface area contributed by atoms with E-state index in [0.717, 1.165) is 24.1 Å². The number of aromatic hydroxyl groups is 1. The van der Waals surface area contributed by atoms with E-state index in [9.17, 15) is 5.11 Å². The highest BCUT2D eigenvalue weighted by molar-refractivity contribution is 7.14. The van der Waals surface area contributed by atoms with Crippen LogP contribution < -0.4 is 0 Å². The molecule has 1 N–H and O–H groups in total. The summed E-state index contributed by atoms with van der Waals surface area (Å²) in [5, 5.41) is 14.6. The fraction of sp³-hybridized carbons (Fsp3) is 0.364. The molecular formula is C11H12N2OS. The van der Waals surface area contributed by atoms with Gasteiger partial charge in [0.05, 0.1) is 17.5 Å². The number of thiophene rings is 1. The average Bonchev–Trinajstić information content (AvgIpc) is 2.70. The van der Waals surface area contributed by atoms with E-state index in [1.807, 2.05) is 17.9 Å². The Balaban J connectivity index is 2.37. The van der Waals surface area contributed by atoms with Crippen molar-refractivity contribution in [3.8, 4) is 16.3 Å². The lowest BCUT2D eigenvalue weighted by molar-refractivity contribution is 0.491. The van der Waals surface area contributed by atoms with Gasteiger partial charge in [0, 0.05) is 11.9 Å². The first-order valence-corrected chi connectivity index (χ1v) is 5.82. The number of aryl methyl sites for hydroxylation is 3. The minimum atomic E-state index is 0.437. The maximum absolute atomic E-state index is 9.94. The first kappa shape index (κ1) is 8.97. The first-order chi connectivity index (χ1) is 7.18. The Morgan fingerprint density at radius 3 is 3.07 bits per heavy atom. The van der Waals surface area contributed by atoms with E-state index in [2.05, 4.69) is 12.0 Å². The minimum Gasteiger partial charge on any atom is -0.499 e. The van der Waals surface area contributed by atoms with Gasteiger partial charge in [-0.3, -0.25) is 4.68 Å². The standard InChI is InChI=1S/C11H12N2OS/c1-6-8-4-3-7-5-12-13(2)10(7)9(8)11(14)15-6/h5,14H,3-4H2,1-2H3. The summed E-state index contributed by atoms with van der Waals surface area (Å²) >= 11 is 1.48. The number of fused-ring (bicyclic) bond motifs is 3. The Morgan fingerprint density at radius 2 is 2.27 bits per heavy atom. The summed E-state index contributed by atoms with van der Waals surface area (Å²) in [6.45, 7) is 2.07. The van der Waals surface area contributed by atoms with Gasteiger partial charge in [0.1, 0.15) is 0 Å². The van der Waals surface area contributed by atoms with Crippen LogP contribution in [0.15, 0.2) is 6.20 Å². The van der Waals surface area contributed by atoms with E-state index in [-0.39, 0.29) is 0 Å². The molecule has 0 fully saturated rings. The van der Waals surface area contributed by atoms with E-state index in [0.29, 0.717) is 5.06 Å². The normalized spacial score (nSPS) is 13.7. The largest absolute Gasteiger partial charge is 0.499 e. The van der Waals surface area contributed by atoms with Gasteiger partial charge in [-0.25, -0.2) is 0 Å². The quantitative estimate of drug-likeness (QED) is 0.739. The molecule has 0 amide bonds. The molecule has 3 rings (SSSR count). The number of aromatic nitrogens is 2. The summed E-state index contributed by atoms with van der Waals surface area (Å²) in [7, 11) is 1.93. The molecule has 2 aromatic rings. The lowest BCUT2D eigenvalue weighted by Gasteiger charge is -2.14. The lowest BCUT2D eigenvalue weighted by atomic mass is 9.92. The zero-order valence-electron chi connectivity index (χ0n) is 8.74. The third kappa shape index (κ3) is 1.08. The van der Waals surface area contributed by atoms with Gasteiger partial charge in [-0.15, -0.1) is 11.3 Å². The zero-order valence-corrected chi connectivity index (χ0v) is 9.56. The molecule has 78 valence electrons. The molecule has 0 aromatic carbocycles. The molecule has 4 heteroatoms. The highest BCUT2D eigenvalue weighted by Crippen LogP contribution is 2.45. The van der Waals surface area contributed by atoms with Crippen LogP contribution in [-0.4, -0.2) is 14.9 Å². The van der Waals surface area contributed by atoms with Crippen molar-refractivity contribution in [3.63, 3.8) is 0 Å². The molecule has 2 aromatic heterocycles. The molecule has 0 radical (unpaired) electrons. The third-order valence-corrected chi connectivity index (χ3v) is 4.04. The van der Waals surface area contributed by atoms with Gasteiger partial charge >= 0.3 is 0 Å². The summed E-state index contributed by atoms with van der Waals surface area (Å²) in [5.74, 6) is 0. The highest BCUT2D eigenvalue weighted by Gasteiger charge is 2.26. The summed E-state index contributed by atoms with van der Waals surface area (Å²) in [6.07, 6.45) is 3.97. The maximum Gasteiger partial charge on any atom is 0.181 e. The van der Waals surface area contributed by atoms with Gasteiger partial charge in [0.2, 0.25) is 0 Å². The topological polar surface area (TPSA) is 38.1 Å². The Morgan fingerprint density at radius 1 is 1.47 bits per heavy atom. The summed E-state index contributed by atoms with van der Waals surface area (Å²) in [4.78, 5) is 1.23. The number of nitrogens with zero attached hydrogens (tertiary/aromatic N) is 2. The van der Waals surface area contributed by atoms with Crippen molar-refractivity contribution in [1.29, 1.82) is 0 Å². The second-order valence-corrected chi connectivity index (χ2v) is 5.16. The summed E-state index contributed by atoms with van der Waals surface area (Å²) in [5.41, 5.74) is 4.66. The first-order valence-electron chi connectivity index (χ1n) is 5.01. The van der Waals surface area contributed by atoms with Crippen LogP contribution in [0.5, 0.6) is 5.06 Å². The van der Waals surface area contributed by atoms with Crippen molar-refractivity contribution in [1.82, 2.24) is 9.78 Å². The number of hydrogen-bond acceptors (Lipinski definition) is 3. The minimum absolute atomic E-state index is 0.437. The van der Waals surface area contributed by atoms with Crippen LogP contribution in [-0.2, 0) is 19.9 Å². The number of hydrogen-bond donors (Lipinski definition) is 1. The smallest absolute Gasteiger partial charge is 0.181 e. The van der Waals surface area contributed by atoms with Gasteiger partial charge in [-0.1, -0.05) is 0 Å². The maximum atomic E-state index is 9.94.